The van der Waals surface area contributed by atoms with Crippen molar-refractivity contribution in [2.75, 3.05) is 32.7 Å². The number of rotatable bonds is 5. The molecule has 1 aromatic rings. The summed E-state index contributed by atoms with van der Waals surface area (Å²) >= 11 is 3.47. The van der Waals surface area contributed by atoms with E-state index in [0.29, 0.717) is 12.6 Å². The highest BCUT2D eigenvalue weighted by Gasteiger charge is 2.26. The van der Waals surface area contributed by atoms with Crippen LogP contribution in [0.4, 0.5) is 4.39 Å². The highest BCUT2D eigenvalue weighted by atomic mass is 79.9. The Morgan fingerprint density at radius 1 is 1.24 bits per heavy atom. The number of nitrogens with zero attached hydrogens (tertiary/aromatic N) is 2. The van der Waals surface area contributed by atoms with E-state index in [9.17, 15) is 4.39 Å². The lowest BCUT2D eigenvalue weighted by Gasteiger charge is -2.41. The summed E-state index contributed by atoms with van der Waals surface area (Å²) in [5, 5.41) is 0. The molecule has 1 aliphatic rings. The van der Waals surface area contributed by atoms with Crippen LogP contribution in [0.25, 0.3) is 0 Å². The summed E-state index contributed by atoms with van der Waals surface area (Å²) in [6.07, 6.45) is 1.18. The number of nitrogens with two attached hydrogens (primary N) is 1. The molecule has 1 heterocycles. The van der Waals surface area contributed by atoms with Crippen molar-refractivity contribution in [3.63, 3.8) is 0 Å². The van der Waals surface area contributed by atoms with E-state index in [1.165, 1.54) is 18.6 Å². The third kappa shape index (κ3) is 4.03. The topological polar surface area (TPSA) is 32.5 Å². The van der Waals surface area contributed by atoms with E-state index in [2.05, 4.69) is 39.6 Å². The fourth-order valence-corrected chi connectivity index (χ4v) is 3.61. The Labute approximate surface area is 135 Å². The van der Waals surface area contributed by atoms with Crippen molar-refractivity contribution in [2.45, 2.75) is 32.4 Å². The van der Waals surface area contributed by atoms with Gasteiger partial charge in [-0.15, -0.1) is 0 Å². The lowest BCUT2D eigenvalue weighted by atomic mass is 10.0. The van der Waals surface area contributed by atoms with Crippen molar-refractivity contribution in [3.05, 3.63) is 34.1 Å². The number of hydrogen-bond donors (Lipinski definition) is 1. The van der Waals surface area contributed by atoms with Crippen molar-refractivity contribution in [1.82, 2.24) is 9.80 Å². The Morgan fingerprint density at radius 3 is 2.38 bits per heavy atom. The van der Waals surface area contributed by atoms with Gasteiger partial charge in [0, 0.05) is 49.3 Å². The van der Waals surface area contributed by atoms with Gasteiger partial charge in [-0.1, -0.05) is 28.9 Å². The molecule has 0 aromatic heterocycles. The zero-order valence-electron chi connectivity index (χ0n) is 12.9. The van der Waals surface area contributed by atoms with E-state index >= 15 is 0 Å². The maximum Gasteiger partial charge on any atom is 0.124 e. The van der Waals surface area contributed by atoms with Gasteiger partial charge in [0.1, 0.15) is 5.82 Å². The zero-order valence-corrected chi connectivity index (χ0v) is 14.4. The maximum atomic E-state index is 13.3. The second-order valence-electron chi connectivity index (χ2n) is 5.75. The third-order valence-corrected chi connectivity index (χ3v) is 5.24. The molecule has 5 heteroatoms. The second kappa shape index (κ2) is 7.68. The van der Waals surface area contributed by atoms with Crippen molar-refractivity contribution < 1.29 is 4.39 Å². The SMILES string of the molecule is CCC(C)N1CCN(C(CN)c2ccc(F)cc2Br)CC1. The van der Waals surface area contributed by atoms with Gasteiger partial charge in [-0.3, -0.25) is 9.80 Å². The minimum Gasteiger partial charge on any atom is -0.329 e. The molecule has 0 spiro atoms. The molecule has 2 rings (SSSR count). The Bertz CT molecular complexity index is 461. The first-order valence-corrected chi connectivity index (χ1v) is 8.49. The van der Waals surface area contributed by atoms with Crippen LogP contribution in [0, 0.1) is 5.82 Å². The van der Waals surface area contributed by atoms with E-state index in [4.69, 9.17) is 5.73 Å². The molecule has 1 saturated heterocycles. The smallest absolute Gasteiger partial charge is 0.124 e. The van der Waals surface area contributed by atoms with Gasteiger partial charge in [-0.05, 0) is 31.0 Å². The van der Waals surface area contributed by atoms with E-state index in [-0.39, 0.29) is 11.9 Å². The first-order valence-electron chi connectivity index (χ1n) is 7.70. The number of piperazine rings is 1. The third-order valence-electron chi connectivity index (χ3n) is 4.55. The molecule has 1 aromatic carbocycles. The van der Waals surface area contributed by atoms with Crippen molar-refractivity contribution >= 4 is 15.9 Å². The van der Waals surface area contributed by atoms with Gasteiger partial charge in [0.2, 0.25) is 0 Å². The van der Waals surface area contributed by atoms with Crippen molar-refractivity contribution in [2.24, 2.45) is 5.73 Å². The summed E-state index contributed by atoms with van der Waals surface area (Å²) in [7, 11) is 0. The van der Waals surface area contributed by atoms with Gasteiger partial charge in [0.15, 0.2) is 0 Å². The summed E-state index contributed by atoms with van der Waals surface area (Å²) in [5.74, 6) is -0.219. The summed E-state index contributed by atoms with van der Waals surface area (Å²) in [6, 6.07) is 5.67. The summed E-state index contributed by atoms with van der Waals surface area (Å²) in [6.45, 7) is 9.23. The number of benzene rings is 1. The van der Waals surface area contributed by atoms with Crippen LogP contribution in [0.3, 0.4) is 0 Å². The summed E-state index contributed by atoms with van der Waals surface area (Å²) in [4.78, 5) is 4.95. The van der Waals surface area contributed by atoms with Gasteiger partial charge >= 0.3 is 0 Å². The van der Waals surface area contributed by atoms with Gasteiger partial charge in [0.05, 0.1) is 0 Å². The highest BCUT2D eigenvalue weighted by molar-refractivity contribution is 9.10. The molecule has 0 saturated carbocycles. The zero-order chi connectivity index (χ0) is 15.4. The van der Waals surface area contributed by atoms with Gasteiger partial charge < -0.3 is 5.73 Å². The second-order valence-corrected chi connectivity index (χ2v) is 6.60. The van der Waals surface area contributed by atoms with Crippen LogP contribution in [0.2, 0.25) is 0 Å². The predicted molar refractivity (Wildman–Crippen MR) is 88.8 cm³/mol. The maximum absolute atomic E-state index is 13.3. The lowest BCUT2D eigenvalue weighted by molar-refractivity contribution is 0.0741. The Balaban J connectivity index is 2.06. The monoisotopic (exact) mass is 357 g/mol. The molecular weight excluding hydrogens is 333 g/mol. The first kappa shape index (κ1) is 16.9. The molecule has 2 N–H and O–H groups in total. The van der Waals surface area contributed by atoms with Crippen molar-refractivity contribution in [1.29, 1.82) is 0 Å². The average Bonchev–Trinajstić information content (AvgIpc) is 2.50. The van der Waals surface area contributed by atoms with E-state index in [0.717, 1.165) is 36.2 Å². The van der Waals surface area contributed by atoms with Gasteiger partial charge in [-0.25, -0.2) is 4.39 Å². The Kier molecular flexibility index (Phi) is 6.17. The molecular formula is C16H25BrFN3. The Hall–Kier alpha value is -0.490. The quantitative estimate of drug-likeness (QED) is 0.878. The lowest BCUT2D eigenvalue weighted by Crippen LogP contribution is -2.51. The fourth-order valence-electron chi connectivity index (χ4n) is 2.99. The van der Waals surface area contributed by atoms with Crippen LogP contribution in [-0.4, -0.2) is 48.6 Å². The molecule has 2 atom stereocenters. The largest absolute Gasteiger partial charge is 0.329 e. The molecule has 1 aliphatic heterocycles. The van der Waals surface area contributed by atoms with Crippen LogP contribution < -0.4 is 5.73 Å². The molecule has 21 heavy (non-hydrogen) atoms. The van der Waals surface area contributed by atoms with Crippen LogP contribution in [0.15, 0.2) is 22.7 Å². The normalized spacial score (nSPS) is 20.4. The molecule has 2 unspecified atom stereocenters. The summed E-state index contributed by atoms with van der Waals surface area (Å²) in [5.41, 5.74) is 7.07. The number of halogens is 2. The van der Waals surface area contributed by atoms with E-state index in [1.807, 2.05) is 6.07 Å². The van der Waals surface area contributed by atoms with Crippen LogP contribution in [-0.2, 0) is 0 Å². The van der Waals surface area contributed by atoms with Gasteiger partial charge in [0.25, 0.3) is 0 Å². The number of hydrogen-bond acceptors (Lipinski definition) is 3. The molecule has 118 valence electrons. The molecule has 0 radical (unpaired) electrons. The minimum atomic E-state index is -0.219. The van der Waals surface area contributed by atoms with Gasteiger partial charge in [-0.2, -0.15) is 0 Å². The van der Waals surface area contributed by atoms with E-state index < -0.39 is 0 Å². The molecule has 1 fully saturated rings. The standard InChI is InChI=1S/C16H25BrFN3/c1-3-12(2)20-6-8-21(9-7-20)16(11-19)14-5-4-13(18)10-15(14)17/h4-5,10,12,16H,3,6-9,11,19H2,1-2H3. The first-order chi connectivity index (χ1) is 10.1. The fraction of sp³-hybridized carbons (Fsp3) is 0.625. The molecule has 0 bridgehead atoms. The Morgan fingerprint density at radius 2 is 1.86 bits per heavy atom. The average molecular weight is 358 g/mol. The minimum absolute atomic E-state index is 0.152. The molecule has 0 amide bonds. The van der Waals surface area contributed by atoms with E-state index in [1.54, 1.807) is 0 Å². The van der Waals surface area contributed by atoms with Crippen LogP contribution in [0.5, 0.6) is 0 Å². The summed E-state index contributed by atoms with van der Waals surface area (Å²) < 4.78 is 14.1. The predicted octanol–water partition coefficient (Wildman–Crippen LogP) is 3.00. The highest BCUT2D eigenvalue weighted by Crippen LogP contribution is 2.29. The molecule has 0 aliphatic carbocycles. The van der Waals surface area contributed by atoms with Crippen LogP contribution >= 0.6 is 15.9 Å². The molecule has 3 nitrogen and oxygen atoms in total. The van der Waals surface area contributed by atoms with Crippen molar-refractivity contribution in [3.8, 4) is 0 Å². The van der Waals surface area contributed by atoms with Crippen LogP contribution in [0.1, 0.15) is 31.9 Å².